The Balaban J connectivity index is 3.60. The molecule has 0 amide bonds. The molecule has 0 aromatic rings. The molecule has 0 saturated carbocycles. The van der Waals surface area contributed by atoms with E-state index >= 15 is 0 Å². The Hall–Kier alpha value is -0.120. The van der Waals surface area contributed by atoms with Crippen molar-refractivity contribution >= 4 is 0 Å². The molecule has 3 nitrogen and oxygen atoms in total. The molecule has 16 heavy (non-hydrogen) atoms. The number of likely N-dealkylation sites (N-methyl/N-ethyl adjacent to an activating group) is 2. The van der Waals surface area contributed by atoms with Crippen molar-refractivity contribution < 1.29 is 4.74 Å². The lowest BCUT2D eigenvalue weighted by molar-refractivity contribution is 0.0284. The normalized spacial score (nSPS) is 13.7. The zero-order valence-electron chi connectivity index (χ0n) is 11.8. The topological polar surface area (TPSA) is 15.7 Å². The first-order valence-electron chi connectivity index (χ1n) is 6.74. The molecule has 0 aliphatic carbocycles. The summed E-state index contributed by atoms with van der Waals surface area (Å²) < 4.78 is 5.83. The molecule has 3 heteroatoms. The highest BCUT2D eigenvalue weighted by molar-refractivity contribution is 4.60. The second-order valence-electron chi connectivity index (χ2n) is 4.19. The van der Waals surface area contributed by atoms with Crippen molar-refractivity contribution in [2.75, 3.05) is 45.9 Å². The minimum absolute atomic E-state index is 0.343. The summed E-state index contributed by atoms with van der Waals surface area (Å²) in [7, 11) is 0. The van der Waals surface area contributed by atoms with E-state index in [4.69, 9.17) is 4.74 Å². The Labute approximate surface area is 102 Å². The standard InChI is InChI=1S/C13H30N2O/c1-6-14(7-2)10-11-16-13(5)12-15(8-3)9-4/h13H,6-12H2,1-5H3. The van der Waals surface area contributed by atoms with Crippen molar-refractivity contribution in [1.82, 2.24) is 9.80 Å². The smallest absolute Gasteiger partial charge is 0.0674 e. The highest BCUT2D eigenvalue weighted by Crippen LogP contribution is 1.97. The molecule has 0 aromatic carbocycles. The minimum Gasteiger partial charge on any atom is -0.376 e. The monoisotopic (exact) mass is 230 g/mol. The van der Waals surface area contributed by atoms with Gasteiger partial charge in [0.05, 0.1) is 12.7 Å². The first-order chi connectivity index (χ1) is 7.67. The maximum Gasteiger partial charge on any atom is 0.0674 e. The highest BCUT2D eigenvalue weighted by Gasteiger charge is 2.07. The van der Waals surface area contributed by atoms with E-state index in [1.807, 2.05) is 0 Å². The van der Waals surface area contributed by atoms with Gasteiger partial charge in [-0.3, -0.25) is 0 Å². The van der Waals surface area contributed by atoms with Crippen molar-refractivity contribution in [2.45, 2.75) is 40.7 Å². The SMILES string of the molecule is CCN(CC)CCOC(C)CN(CC)CC. The van der Waals surface area contributed by atoms with Crippen LogP contribution in [0.3, 0.4) is 0 Å². The Kier molecular flexibility index (Phi) is 9.99. The van der Waals surface area contributed by atoms with Gasteiger partial charge in [0.25, 0.3) is 0 Å². The molecular formula is C13H30N2O. The van der Waals surface area contributed by atoms with E-state index in [1.54, 1.807) is 0 Å². The van der Waals surface area contributed by atoms with Gasteiger partial charge in [0, 0.05) is 13.1 Å². The zero-order valence-corrected chi connectivity index (χ0v) is 11.8. The lowest BCUT2D eigenvalue weighted by atomic mass is 10.3. The van der Waals surface area contributed by atoms with Gasteiger partial charge in [0.2, 0.25) is 0 Å². The molecule has 98 valence electrons. The summed E-state index contributed by atoms with van der Waals surface area (Å²) in [4.78, 5) is 4.80. The molecule has 0 saturated heterocycles. The Morgan fingerprint density at radius 2 is 1.38 bits per heavy atom. The molecule has 0 spiro atoms. The molecule has 0 aliphatic rings. The van der Waals surface area contributed by atoms with Gasteiger partial charge in [-0.1, -0.05) is 27.7 Å². The van der Waals surface area contributed by atoms with Gasteiger partial charge in [-0.2, -0.15) is 0 Å². The van der Waals surface area contributed by atoms with Crippen molar-refractivity contribution in [1.29, 1.82) is 0 Å². The van der Waals surface area contributed by atoms with E-state index in [0.717, 1.165) is 45.9 Å². The summed E-state index contributed by atoms with van der Waals surface area (Å²) in [5.41, 5.74) is 0. The first kappa shape index (κ1) is 15.9. The molecule has 0 fully saturated rings. The van der Waals surface area contributed by atoms with Crippen LogP contribution in [-0.2, 0) is 4.74 Å². The van der Waals surface area contributed by atoms with E-state index in [2.05, 4.69) is 44.4 Å². The van der Waals surface area contributed by atoms with E-state index in [1.165, 1.54) is 0 Å². The molecular weight excluding hydrogens is 200 g/mol. The lowest BCUT2D eigenvalue weighted by Gasteiger charge is -2.24. The van der Waals surface area contributed by atoms with E-state index < -0.39 is 0 Å². The van der Waals surface area contributed by atoms with Gasteiger partial charge < -0.3 is 14.5 Å². The van der Waals surface area contributed by atoms with E-state index in [9.17, 15) is 0 Å². The molecule has 0 N–H and O–H groups in total. The Bertz CT molecular complexity index is 145. The van der Waals surface area contributed by atoms with Crippen LogP contribution in [0.1, 0.15) is 34.6 Å². The number of hydrogen-bond acceptors (Lipinski definition) is 3. The van der Waals surface area contributed by atoms with Crippen LogP contribution in [0, 0.1) is 0 Å². The van der Waals surface area contributed by atoms with E-state index in [-0.39, 0.29) is 0 Å². The predicted octanol–water partition coefficient (Wildman–Crippen LogP) is 2.08. The van der Waals surface area contributed by atoms with Crippen LogP contribution in [0.2, 0.25) is 0 Å². The molecule has 0 rings (SSSR count). The number of nitrogens with zero attached hydrogens (tertiary/aromatic N) is 2. The van der Waals surface area contributed by atoms with Crippen molar-refractivity contribution in [3.05, 3.63) is 0 Å². The number of ether oxygens (including phenoxy) is 1. The van der Waals surface area contributed by atoms with Crippen molar-refractivity contribution in [3.63, 3.8) is 0 Å². The number of hydrogen-bond donors (Lipinski definition) is 0. The van der Waals surface area contributed by atoms with Gasteiger partial charge in [-0.15, -0.1) is 0 Å². The quantitative estimate of drug-likeness (QED) is 0.571. The summed E-state index contributed by atoms with van der Waals surface area (Å²) in [6.45, 7) is 18.4. The third kappa shape index (κ3) is 7.20. The van der Waals surface area contributed by atoms with Crippen LogP contribution in [0.25, 0.3) is 0 Å². The van der Waals surface area contributed by atoms with Gasteiger partial charge in [-0.05, 0) is 33.1 Å². The maximum absolute atomic E-state index is 5.83. The Morgan fingerprint density at radius 1 is 0.875 bits per heavy atom. The van der Waals surface area contributed by atoms with Gasteiger partial charge >= 0.3 is 0 Å². The average Bonchev–Trinajstić information content (AvgIpc) is 2.31. The maximum atomic E-state index is 5.83. The van der Waals surface area contributed by atoms with Crippen molar-refractivity contribution in [2.24, 2.45) is 0 Å². The lowest BCUT2D eigenvalue weighted by Crippen LogP contribution is -2.34. The molecule has 1 unspecified atom stereocenters. The average molecular weight is 230 g/mol. The molecule has 0 aromatic heterocycles. The van der Waals surface area contributed by atoms with E-state index in [0.29, 0.717) is 6.10 Å². The van der Waals surface area contributed by atoms with Gasteiger partial charge in [-0.25, -0.2) is 0 Å². The largest absolute Gasteiger partial charge is 0.376 e. The third-order valence-corrected chi connectivity index (χ3v) is 3.11. The van der Waals surface area contributed by atoms with Crippen LogP contribution in [-0.4, -0.2) is 61.8 Å². The predicted molar refractivity (Wildman–Crippen MR) is 71.0 cm³/mol. The van der Waals surface area contributed by atoms with Crippen LogP contribution in [0.15, 0.2) is 0 Å². The fourth-order valence-corrected chi connectivity index (χ4v) is 1.82. The summed E-state index contributed by atoms with van der Waals surface area (Å²) in [5.74, 6) is 0. The second-order valence-corrected chi connectivity index (χ2v) is 4.19. The summed E-state index contributed by atoms with van der Waals surface area (Å²) in [6.07, 6.45) is 0.343. The van der Waals surface area contributed by atoms with Crippen LogP contribution >= 0.6 is 0 Å². The van der Waals surface area contributed by atoms with Gasteiger partial charge in [0.15, 0.2) is 0 Å². The molecule has 0 heterocycles. The molecule has 0 aliphatic heterocycles. The van der Waals surface area contributed by atoms with Crippen LogP contribution in [0.4, 0.5) is 0 Å². The fraction of sp³-hybridized carbons (Fsp3) is 1.00. The van der Waals surface area contributed by atoms with Crippen LogP contribution in [0.5, 0.6) is 0 Å². The summed E-state index contributed by atoms with van der Waals surface area (Å²) in [5, 5.41) is 0. The fourth-order valence-electron chi connectivity index (χ4n) is 1.82. The first-order valence-corrected chi connectivity index (χ1v) is 6.74. The summed E-state index contributed by atoms with van der Waals surface area (Å²) >= 11 is 0. The molecule has 1 atom stereocenters. The number of rotatable bonds is 10. The zero-order chi connectivity index (χ0) is 12.4. The highest BCUT2D eigenvalue weighted by atomic mass is 16.5. The minimum atomic E-state index is 0.343. The van der Waals surface area contributed by atoms with Gasteiger partial charge in [0.1, 0.15) is 0 Å². The Morgan fingerprint density at radius 3 is 1.81 bits per heavy atom. The molecule has 0 bridgehead atoms. The molecule has 0 radical (unpaired) electrons. The van der Waals surface area contributed by atoms with Crippen molar-refractivity contribution in [3.8, 4) is 0 Å². The summed E-state index contributed by atoms with van der Waals surface area (Å²) in [6, 6.07) is 0. The third-order valence-electron chi connectivity index (χ3n) is 3.11. The second kappa shape index (κ2) is 10.1. The van der Waals surface area contributed by atoms with Crippen LogP contribution < -0.4 is 0 Å².